The molecule has 0 saturated heterocycles. The first-order valence-electron chi connectivity index (χ1n) is 6.48. The van der Waals surface area contributed by atoms with Crippen molar-refractivity contribution in [3.63, 3.8) is 0 Å². The molecule has 0 spiro atoms. The summed E-state index contributed by atoms with van der Waals surface area (Å²) in [6.07, 6.45) is 1.66. The average Bonchev–Trinajstić information content (AvgIpc) is 2.98. The van der Waals surface area contributed by atoms with E-state index in [4.69, 9.17) is 4.74 Å². The van der Waals surface area contributed by atoms with E-state index in [0.717, 1.165) is 5.52 Å². The Kier molecular flexibility index (Phi) is 3.55. The van der Waals surface area contributed by atoms with Crippen molar-refractivity contribution >= 4 is 21.2 Å². The summed E-state index contributed by atoms with van der Waals surface area (Å²) >= 11 is 0. The predicted molar refractivity (Wildman–Crippen MR) is 82.1 cm³/mol. The van der Waals surface area contributed by atoms with Crippen LogP contribution in [-0.2, 0) is 10.0 Å². The lowest BCUT2D eigenvalue weighted by atomic mass is 10.2. The van der Waals surface area contributed by atoms with Crippen molar-refractivity contribution in [2.24, 2.45) is 0 Å². The Bertz CT molecular complexity index is 901. The minimum absolute atomic E-state index is 0.129. The van der Waals surface area contributed by atoms with Crippen molar-refractivity contribution in [1.82, 2.24) is 19.7 Å². The summed E-state index contributed by atoms with van der Waals surface area (Å²) in [5.74, 6) is 0.981. The number of nitrogens with one attached hydrogen (secondary N) is 2. The number of methoxy groups -OCH3 is 1. The highest BCUT2D eigenvalue weighted by Gasteiger charge is 2.17. The number of nitrogens with zero attached hydrogens (tertiary/aromatic N) is 2. The molecule has 3 rings (SSSR count). The average molecular weight is 318 g/mol. The molecular formula is C14H14N4O3S. The maximum atomic E-state index is 11.9. The molecule has 114 valence electrons. The van der Waals surface area contributed by atoms with E-state index in [0.29, 0.717) is 22.8 Å². The Morgan fingerprint density at radius 1 is 1.27 bits per heavy atom. The number of sulfonamides is 1. The maximum absolute atomic E-state index is 11.9. The summed E-state index contributed by atoms with van der Waals surface area (Å²) in [5, 5.41) is 0. The fraction of sp³-hybridized carbons (Fsp3) is 0.143. The number of imidazole rings is 1. The van der Waals surface area contributed by atoms with Crippen LogP contribution in [0.25, 0.3) is 22.6 Å². The van der Waals surface area contributed by atoms with Gasteiger partial charge < -0.3 is 9.72 Å². The van der Waals surface area contributed by atoms with E-state index < -0.39 is 10.0 Å². The zero-order valence-electron chi connectivity index (χ0n) is 12.0. The van der Waals surface area contributed by atoms with Crippen LogP contribution in [0.4, 0.5) is 0 Å². The number of benzene rings is 1. The van der Waals surface area contributed by atoms with E-state index in [2.05, 4.69) is 19.7 Å². The molecule has 8 heteroatoms. The van der Waals surface area contributed by atoms with Gasteiger partial charge in [-0.05, 0) is 31.3 Å². The van der Waals surface area contributed by atoms with Gasteiger partial charge in [-0.15, -0.1) is 0 Å². The summed E-state index contributed by atoms with van der Waals surface area (Å²) in [5.41, 5.74) is 2.05. The van der Waals surface area contributed by atoms with Gasteiger partial charge in [-0.3, -0.25) is 0 Å². The first kappa shape index (κ1) is 14.5. The highest BCUT2D eigenvalue weighted by molar-refractivity contribution is 7.89. The largest absolute Gasteiger partial charge is 0.496 e. The lowest BCUT2D eigenvalue weighted by Gasteiger charge is -2.09. The van der Waals surface area contributed by atoms with Crippen LogP contribution < -0.4 is 9.46 Å². The summed E-state index contributed by atoms with van der Waals surface area (Å²) in [6.45, 7) is 0. The Morgan fingerprint density at radius 3 is 2.77 bits per heavy atom. The molecule has 0 bridgehead atoms. The number of hydrogen-bond acceptors (Lipinski definition) is 5. The van der Waals surface area contributed by atoms with Gasteiger partial charge in [0.15, 0.2) is 5.65 Å². The molecule has 0 saturated carbocycles. The van der Waals surface area contributed by atoms with Crippen LogP contribution in [0, 0.1) is 0 Å². The van der Waals surface area contributed by atoms with Gasteiger partial charge in [-0.2, -0.15) is 0 Å². The molecule has 0 radical (unpaired) electrons. The van der Waals surface area contributed by atoms with Crippen LogP contribution in [0.3, 0.4) is 0 Å². The SMILES string of the molecule is CNS(=O)(=O)c1ccc(-c2nc3ncccc3[nH]2)c(OC)c1. The van der Waals surface area contributed by atoms with Gasteiger partial charge in [0.25, 0.3) is 0 Å². The standard InChI is InChI=1S/C14H14N4O3S/c1-15-22(19,20)9-5-6-10(12(8-9)21-2)13-17-11-4-3-7-16-14(11)18-13/h3-8,15H,1-2H3,(H,16,17,18). The predicted octanol–water partition coefficient (Wildman–Crippen LogP) is 1.54. The summed E-state index contributed by atoms with van der Waals surface area (Å²) in [6, 6.07) is 8.29. The molecule has 2 aromatic heterocycles. The van der Waals surface area contributed by atoms with E-state index >= 15 is 0 Å². The van der Waals surface area contributed by atoms with Crippen molar-refractivity contribution in [2.75, 3.05) is 14.2 Å². The first-order valence-corrected chi connectivity index (χ1v) is 7.96. The monoisotopic (exact) mass is 318 g/mol. The Morgan fingerprint density at radius 2 is 2.09 bits per heavy atom. The molecule has 2 N–H and O–H groups in total. The molecule has 7 nitrogen and oxygen atoms in total. The highest BCUT2D eigenvalue weighted by Crippen LogP contribution is 2.31. The second-order valence-electron chi connectivity index (χ2n) is 4.53. The smallest absolute Gasteiger partial charge is 0.240 e. The topological polar surface area (TPSA) is 97.0 Å². The Hall–Kier alpha value is -2.45. The molecule has 1 aromatic carbocycles. The molecule has 22 heavy (non-hydrogen) atoms. The fourth-order valence-corrected chi connectivity index (χ4v) is 2.87. The minimum atomic E-state index is -3.53. The molecule has 0 amide bonds. The minimum Gasteiger partial charge on any atom is -0.496 e. The Balaban J connectivity index is 2.14. The normalized spacial score (nSPS) is 11.7. The number of pyridine rings is 1. The number of aromatic amines is 1. The molecule has 0 fully saturated rings. The fourth-order valence-electron chi connectivity index (χ4n) is 2.12. The number of rotatable bonds is 4. The van der Waals surface area contributed by atoms with Crippen LogP contribution in [0.2, 0.25) is 0 Å². The van der Waals surface area contributed by atoms with E-state index in [1.807, 2.05) is 12.1 Å². The summed E-state index contributed by atoms with van der Waals surface area (Å²) < 4.78 is 31.3. The third kappa shape index (κ3) is 2.42. The number of H-pyrrole nitrogens is 1. The van der Waals surface area contributed by atoms with Gasteiger partial charge in [0.1, 0.15) is 11.6 Å². The summed E-state index contributed by atoms with van der Waals surface area (Å²) in [7, 11) is -0.684. The van der Waals surface area contributed by atoms with Gasteiger partial charge in [-0.25, -0.2) is 23.1 Å². The quantitative estimate of drug-likeness (QED) is 0.760. The number of aromatic nitrogens is 3. The number of ether oxygens (including phenoxy) is 1. The van der Waals surface area contributed by atoms with Gasteiger partial charge in [-0.1, -0.05) is 0 Å². The zero-order valence-corrected chi connectivity index (χ0v) is 12.8. The third-order valence-electron chi connectivity index (χ3n) is 3.26. The van der Waals surface area contributed by atoms with E-state index in [1.54, 1.807) is 12.3 Å². The lowest BCUT2D eigenvalue weighted by molar-refractivity contribution is 0.415. The van der Waals surface area contributed by atoms with Crippen LogP contribution in [-0.4, -0.2) is 37.5 Å². The van der Waals surface area contributed by atoms with Crippen LogP contribution in [0.5, 0.6) is 5.75 Å². The third-order valence-corrected chi connectivity index (χ3v) is 4.68. The van der Waals surface area contributed by atoms with Crippen LogP contribution in [0.15, 0.2) is 41.4 Å². The Labute approximate surface area is 127 Å². The molecule has 0 aliphatic carbocycles. The van der Waals surface area contributed by atoms with Crippen molar-refractivity contribution in [2.45, 2.75) is 4.90 Å². The first-order chi connectivity index (χ1) is 10.5. The van der Waals surface area contributed by atoms with Crippen molar-refractivity contribution in [1.29, 1.82) is 0 Å². The zero-order chi connectivity index (χ0) is 15.7. The molecule has 2 heterocycles. The molecule has 0 unspecified atom stereocenters. The molecule has 0 aliphatic rings. The van der Waals surface area contributed by atoms with E-state index in [1.165, 1.54) is 26.3 Å². The van der Waals surface area contributed by atoms with Gasteiger partial charge >= 0.3 is 0 Å². The maximum Gasteiger partial charge on any atom is 0.240 e. The second kappa shape index (κ2) is 5.39. The number of fused-ring (bicyclic) bond motifs is 1. The second-order valence-corrected chi connectivity index (χ2v) is 6.42. The molecule has 3 aromatic rings. The molecular weight excluding hydrogens is 304 g/mol. The molecule has 0 atom stereocenters. The van der Waals surface area contributed by atoms with Gasteiger partial charge in [0.05, 0.1) is 23.1 Å². The van der Waals surface area contributed by atoms with Crippen molar-refractivity contribution in [3.8, 4) is 17.1 Å². The van der Waals surface area contributed by atoms with Gasteiger partial charge in [0.2, 0.25) is 10.0 Å². The number of hydrogen-bond donors (Lipinski definition) is 2. The van der Waals surface area contributed by atoms with Crippen molar-refractivity contribution in [3.05, 3.63) is 36.5 Å². The van der Waals surface area contributed by atoms with Crippen LogP contribution >= 0.6 is 0 Å². The van der Waals surface area contributed by atoms with E-state index in [9.17, 15) is 8.42 Å². The van der Waals surface area contributed by atoms with Crippen LogP contribution in [0.1, 0.15) is 0 Å². The lowest BCUT2D eigenvalue weighted by Crippen LogP contribution is -2.18. The van der Waals surface area contributed by atoms with Gasteiger partial charge in [0, 0.05) is 12.3 Å². The van der Waals surface area contributed by atoms with Crippen molar-refractivity contribution < 1.29 is 13.2 Å². The molecule has 0 aliphatic heterocycles. The summed E-state index contributed by atoms with van der Waals surface area (Å²) in [4.78, 5) is 11.8. The van der Waals surface area contributed by atoms with E-state index in [-0.39, 0.29) is 4.90 Å². The highest BCUT2D eigenvalue weighted by atomic mass is 32.2.